The fraction of sp³-hybridized carbons (Fsp3) is 0.533. The summed E-state index contributed by atoms with van der Waals surface area (Å²) in [5.74, 6) is -0.428. The van der Waals surface area contributed by atoms with Crippen molar-refractivity contribution in [2.24, 2.45) is 0 Å². The van der Waals surface area contributed by atoms with Gasteiger partial charge in [-0.1, -0.05) is 6.07 Å². The lowest BCUT2D eigenvalue weighted by atomic mass is 10.1. The Morgan fingerprint density at radius 2 is 2.20 bits per heavy atom. The molecule has 0 aliphatic carbocycles. The van der Waals surface area contributed by atoms with Crippen molar-refractivity contribution in [1.29, 1.82) is 0 Å². The second-order valence-corrected chi connectivity index (χ2v) is 4.87. The van der Waals surface area contributed by atoms with Crippen molar-refractivity contribution in [1.82, 2.24) is 0 Å². The van der Waals surface area contributed by atoms with Gasteiger partial charge in [0, 0.05) is 25.9 Å². The van der Waals surface area contributed by atoms with Gasteiger partial charge in [-0.3, -0.25) is 4.79 Å². The van der Waals surface area contributed by atoms with Crippen LogP contribution in [0.15, 0.2) is 24.3 Å². The monoisotopic (exact) mass is 281 g/mol. The molecule has 1 aromatic rings. The molecule has 0 atom stereocenters. The second kappa shape index (κ2) is 7.36. The van der Waals surface area contributed by atoms with Crippen molar-refractivity contribution in [3.63, 3.8) is 0 Å². The summed E-state index contributed by atoms with van der Waals surface area (Å²) in [5, 5.41) is 0. The SMILES string of the molecule is CN(C(=O)CCOC1CCOCC1)c1cccc(F)c1. The first-order chi connectivity index (χ1) is 9.66. The summed E-state index contributed by atoms with van der Waals surface area (Å²) < 4.78 is 24.0. The molecule has 20 heavy (non-hydrogen) atoms. The third-order valence-electron chi connectivity index (χ3n) is 3.41. The Morgan fingerprint density at radius 1 is 1.45 bits per heavy atom. The van der Waals surface area contributed by atoms with Crippen LogP contribution in [0.4, 0.5) is 10.1 Å². The molecular weight excluding hydrogens is 261 g/mol. The Labute approximate surface area is 118 Å². The van der Waals surface area contributed by atoms with Crippen LogP contribution in [-0.4, -0.2) is 38.9 Å². The summed E-state index contributed by atoms with van der Waals surface area (Å²) in [5.41, 5.74) is 0.557. The van der Waals surface area contributed by atoms with Crippen LogP contribution >= 0.6 is 0 Å². The predicted molar refractivity (Wildman–Crippen MR) is 74.2 cm³/mol. The molecular formula is C15H20FNO3. The number of anilines is 1. The van der Waals surface area contributed by atoms with Crippen molar-refractivity contribution in [3.8, 4) is 0 Å². The van der Waals surface area contributed by atoms with Crippen molar-refractivity contribution < 1.29 is 18.7 Å². The highest BCUT2D eigenvalue weighted by Gasteiger charge is 2.16. The normalized spacial score (nSPS) is 16.1. The van der Waals surface area contributed by atoms with Gasteiger partial charge in [0.15, 0.2) is 0 Å². The molecule has 0 N–H and O–H groups in total. The zero-order chi connectivity index (χ0) is 14.4. The van der Waals surface area contributed by atoms with Gasteiger partial charge in [0.2, 0.25) is 5.91 Å². The molecule has 1 heterocycles. The molecule has 0 unspecified atom stereocenters. The first-order valence-corrected chi connectivity index (χ1v) is 6.88. The van der Waals surface area contributed by atoms with E-state index >= 15 is 0 Å². The van der Waals surface area contributed by atoms with E-state index in [4.69, 9.17) is 9.47 Å². The third-order valence-corrected chi connectivity index (χ3v) is 3.41. The summed E-state index contributed by atoms with van der Waals surface area (Å²) >= 11 is 0. The lowest BCUT2D eigenvalue weighted by molar-refractivity contribution is -0.120. The molecule has 110 valence electrons. The van der Waals surface area contributed by atoms with Crippen LogP contribution in [0, 0.1) is 5.82 Å². The molecule has 0 saturated carbocycles. The minimum absolute atomic E-state index is 0.0809. The molecule has 0 radical (unpaired) electrons. The summed E-state index contributed by atoms with van der Waals surface area (Å²) in [6.07, 6.45) is 2.25. The molecule has 0 spiro atoms. The molecule has 4 nitrogen and oxygen atoms in total. The number of carbonyl (C=O) groups is 1. The van der Waals surface area contributed by atoms with E-state index in [0.29, 0.717) is 18.7 Å². The van der Waals surface area contributed by atoms with E-state index in [2.05, 4.69) is 0 Å². The molecule has 5 heteroatoms. The summed E-state index contributed by atoms with van der Waals surface area (Å²) in [6.45, 7) is 1.84. The van der Waals surface area contributed by atoms with Crippen LogP contribution < -0.4 is 4.90 Å². The average molecular weight is 281 g/mol. The smallest absolute Gasteiger partial charge is 0.229 e. The number of hydrogen-bond acceptors (Lipinski definition) is 3. The van der Waals surface area contributed by atoms with Crippen LogP contribution in [0.3, 0.4) is 0 Å². The van der Waals surface area contributed by atoms with E-state index in [-0.39, 0.29) is 17.8 Å². The number of carbonyl (C=O) groups excluding carboxylic acids is 1. The van der Waals surface area contributed by atoms with E-state index < -0.39 is 0 Å². The molecule has 1 saturated heterocycles. The number of amides is 1. The third kappa shape index (κ3) is 4.28. The van der Waals surface area contributed by atoms with Gasteiger partial charge >= 0.3 is 0 Å². The fourth-order valence-corrected chi connectivity index (χ4v) is 2.15. The number of benzene rings is 1. The molecule has 2 rings (SSSR count). The van der Waals surface area contributed by atoms with Gasteiger partial charge < -0.3 is 14.4 Å². The Kier molecular flexibility index (Phi) is 5.49. The minimum atomic E-state index is -0.347. The maximum Gasteiger partial charge on any atom is 0.229 e. The highest BCUT2D eigenvalue weighted by molar-refractivity contribution is 5.92. The fourth-order valence-electron chi connectivity index (χ4n) is 2.15. The van der Waals surface area contributed by atoms with E-state index in [1.165, 1.54) is 17.0 Å². The molecule has 1 fully saturated rings. The average Bonchev–Trinajstić information content (AvgIpc) is 2.47. The van der Waals surface area contributed by atoms with Gasteiger partial charge in [0.05, 0.1) is 19.1 Å². The van der Waals surface area contributed by atoms with Crippen LogP contribution in [0.5, 0.6) is 0 Å². The standard InChI is InChI=1S/C15H20FNO3/c1-17(13-4-2-3-12(16)11-13)15(18)7-10-20-14-5-8-19-9-6-14/h2-4,11,14H,5-10H2,1H3. The van der Waals surface area contributed by atoms with Gasteiger partial charge in [-0.15, -0.1) is 0 Å². The van der Waals surface area contributed by atoms with E-state index in [9.17, 15) is 9.18 Å². The van der Waals surface area contributed by atoms with Gasteiger partial charge in [0.25, 0.3) is 0 Å². The maximum atomic E-state index is 13.1. The number of ether oxygens (including phenoxy) is 2. The van der Waals surface area contributed by atoms with Gasteiger partial charge in [-0.05, 0) is 31.0 Å². The van der Waals surface area contributed by atoms with Gasteiger partial charge in [-0.25, -0.2) is 4.39 Å². The lowest BCUT2D eigenvalue weighted by Gasteiger charge is -2.23. The van der Waals surface area contributed by atoms with Crippen molar-refractivity contribution in [3.05, 3.63) is 30.1 Å². The maximum absolute atomic E-state index is 13.1. The Bertz CT molecular complexity index is 446. The number of halogens is 1. The second-order valence-electron chi connectivity index (χ2n) is 4.87. The van der Waals surface area contributed by atoms with Crippen LogP contribution in [0.25, 0.3) is 0 Å². The molecule has 1 aliphatic heterocycles. The van der Waals surface area contributed by atoms with E-state index in [1.54, 1.807) is 19.2 Å². The molecule has 1 aromatic carbocycles. The van der Waals surface area contributed by atoms with Crippen molar-refractivity contribution in [2.75, 3.05) is 31.8 Å². The topological polar surface area (TPSA) is 38.8 Å². The van der Waals surface area contributed by atoms with Crippen LogP contribution in [0.2, 0.25) is 0 Å². The summed E-state index contributed by atoms with van der Waals surface area (Å²) in [6, 6.07) is 6.00. The predicted octanol–water partition coefficient (Wildman–Crippen LogP) is 2.37. The Balaban J connectivity index is 1.76. The lowest BCUT2D eigenvalue weighted by Crippen LogP contribution is -2.29. The van der Waals surface area contributed by atoms with Crippen molar-refractivity contribution >= 4 is 11.6 Å². The van der Waals surface area contributed by atoms with E-state index in [1.807, 2.05) is 0 Å². The summed E-state index contributed by atoms with van der Waals surface area (Å²) in [4.78, 5) is 13.5. The molecule has 1 aliphatic rings. The number of nitrogens with zero attached hydrogens (tertiary/aromatic N) is 1. The zero-order valence-corrected chi connectivity index (χ0v) is 11.7. The largest absolute Gasteiger partial charge is 0.381 e. The Morgan fingerprint density at radius 3 is 2.90 bits per heavy atom. The number of hydrogen-bond donors (Lipinski definition) is 0. The van der Waals surface area contributed by atoms with E-state index in [0.717, 1.165) is 26.1 Å². The zero-order valence-electron chi connectivity index (χ0n) is 11.7. The molecule has 0 bridgehead atoms. The summed E-state index contributed by atoms with van der Waals surface area (Å²) in [7, 11) is 1.64. The van der Waals surface area contributed by atoms with Gasteiger partial charge in [-0.2, -0.15) is 0 Å². The minimum Gasteiger partial charge on any atom is -0.381 e. The molecule has 0 aromatic heterocycles. The highest BCUT2D eigenvalue weighted by Crippen LogP contribution is 2.15. The Hall–Kier alpha value is -1.46. The van der Waals surface area contributed by atoms with Crippen LogP contribution in [0.1, 0.15) is 19.3 Å². The van der Waals surface area contributed by atoms with Gasteiger partial charge in [0.1, 0.15) is 5.82 Å². The quantitative estimate of drug-likeness (QED) is 0.831. The first kappa shape index (κ1) is 14.9. The number of rotatable bonds is 5. The van der Waals surface area contributed by atoms with Crippen LogP contribution in [-0.2, 0) is 14.3 Å². The highest BCUT2D eigenvalue weighted by atomic mass is 19.1. The molecule has 1 amide bonds. The first-order valence-electron chi connectivity index (χ1n) is 6.88. The van der Waals surface area contributed by atoms with Crippen molar-refractivity contribution in [2.45, 2.75) is 25.4 Å².